The number of hydrogen-bond acceptors (Lipinski definition) is 5. The molecule has 0 atom stereocenters. The van der Waals surface area contributed by atoms with Crippen LogP contribution < -0.4 is 9.47 Å². The maximum absolute atomic E-state index is 13.4. The highest BCUT2D eigenvalue weighted by Gasteiger charge is 2.34. The highest BCUT2D eigenvalue weighted by Crippen LogP contribution is 2.44. The van der Waals surface area contributed by atoms with Crippen LogP contribution in [-0.4, -0.2) is 30.8 Å². The van der Waals surface area contributed by atoms with Crippen molar-refractivity contribution in [2.45, 2.75) is 26.7 Å². The van der Waals surface area contributed by atoms with E-state index in [9.17, 15) is 9.59 Å². The molecule has 0 fully saturated rings. The molecule has 0 amide bonds. The quantitative estimate of drug-likeness (QED) is 0.412. The molecule has 0 radical (unpaired) electrons. The van der Waals surface area contributed by atoms with Gasteiger partial charge in [-0.1, -0.05) is 37.3 Å². The molecule has 1 aromatic heterocycles. The fraction of sp³-hybridized carbons (Fsp3) is 0.240. The van der Waals surface area contributed by atoms with Crippen molar-refractivity contribution in [3.63, 3.8) is 0 Å². The van der Waals surface area contributed by atoms with E-state index in [-0.39, 0.29) is 11.6 Å². The summed E-state index contributed by atoms with van der Waals surface area (Å²) in [6.45, 7) is 3.80. The van der Waals surface area contributed by atoms with Crippen LogP contribution in [0.25, 0.3) is 22.4 Å². The van der Waals surface area contributed by atoms with Gasteiger partial charge in [0.05, 0.1) is 25.5 Å². The van der Waals surface area contributed by atoms with Crippen LogP contribution >= 0.6 is 0 Å². The van der Waals surface area contributed by atoms with Crippen molar-refractivity contribution in [1.29, 1.82) is 0 Å². The number of methoxy groups -OCH3 is 2. The van der Waals surface area contributed by atoms with Crippen molar-refractivity contribution in [2.24, 2.45) is 0 Å². The summed E-state index contributed by atoms with van der Waals surface area (Å²) in [6.07, 6.45) is 1.11. The smallest absolute Gasteiger partial charge is 0.196 e. The van der Waals surface area contributed by atoms with E-state index < -0.39 is 0 Å². The summed E-state index contributed by atoms with van der Waals surface area (Å²) in [4.78, 5) is 31.2. The van der Waals surface area contributed by atoms with Crippen molar-refractivity contribution in [2.75, 3.05) is 14.2 Å². The number of Topliss-reactive ketones (excluding diaryl/α,β-unsaturated/α-hetero) is 1. The summed E-state index contributed by atoms with van der Waals surface area (Å²) < 4.78 is 10.8. The first-order valence-corrected chi connectivity index (χ1v) is 9.96. The minimum absolute atomic E-state index is 0.0150. The van der Waals surface area contributed by atoms with Crippen LogP contribution in [0.2, 0.25) is 0 Å². The van der Waals surface area contributed by atoms with E-state index in [0.29, 0.717) is 51.6 Å². The fourth-order valence-corrected chi connectivity index (χ4v) is 4.12. The van der Waals surface area contributed by atoms with Crippen LogP contribution in [0.5, 0.6) is 11.5 Å². The van der Waals surface area contributed by atoms with Crippen molar-refractivity contribution in [3.8, 4) is 33.9 Å². The average molecular weight is 401 g/mol. The monoisotopic (exact) mass is 401 g/mol. The molecule has 0 aliphatic heterocycles. The first-order valence-electron chi connectivity index (χ1n) is 9.96. The molecule has 0 N–H and O–H groups in total. The first kappa shape index (κ1) is 19.8. The zero-order valence-electron chi connectivity index (χ0n) is 17.5. The Kier molecular flexibility index (Phi) is 5.12. The first-order chi connectivity index (χ1) is 14.5. The van der Waals surface area contributed by atoms with Crippen molar-refractivity contribution in [1.82, 2.24) is 4.98 Å². The lowest BCUT2D eigenvalue weighted by atomic mass is 9.88. The Labute approximate surface area is 175 Å². The van der Waals surface area contributed by atoms with Crippen molar-refractivity contribution < 1.29 is 19.1 Å². The number of benzene rings is 2. The van der Waals surface area contributed by atoms with E-state index in [1.165, 1.54) is 0 Å². The van der Waals surface area contributed by atoms with Gasteiger partial charge in [0.15, 0.2) is 23.1 Å². The Morgan fingerprint density at radius 2 is 1.67 bits per heavy atom. The molecule has 3 aromatic rings. The minimum Gasteiger partial charge on any atom is -0.493 e. The normalized spacial score (nSPS) is 11.8. The molecule has 0 saturated heterocycles. The molecule has 2 aromatic carbocycles. The molecule has 1 aliphatic carbocycles. The van der Waals surface area contributed by atoms with Gasteiger partial charge in [0.1, 0.15) is 0 Å². The molecule has 0 bridgehead atoms. The Morgan fingerprint density at radius 3 is 2.33 bits per heavy atom. The molecule has 0 spiro atoms. The summed E-state index contributed by atoms with van der Waals surface area (Å²) in [7, 11) is 3.14. The second-order valence-corrected chi connectivity index (χ2v) is 7.29. The molecular weight excluding hydrogens is 378 g/mol. The van der Waals surface area contributed by atoms with E-state index >= 15 is 0 Å². The van der Waals surface area contributed by atoms with Crippen LogP contribution in [0.15, 0.2) is 42.5 Å². The summed E-state index contributed by atoms with van der Waals surface area (Å²) >= 11 is 0. The molecule has 0 unspecified atom stereocenters. The highest BCUT2D eigenvalue weighted by atomic mass is 16.5. The van der Waals surface area contributed by atoms with E-state index in [1.54, 1.807) is 26.4 Å². The van der Waals surface area contributed by atoms with Gasteiger partial charge in [0, 0.05) is 34.4 Å². The van der Waals surface area contributed by atoms with Gasteiger partial charge in [-0.15, -0.1) is 0 Å². The minimum atomic E-state index is -0.108. The highest BCUT2D eigenvalue weighted by molar-refractivity contribution is 6.26. The van der Waals surface area contributed by atoms with Gasteiger partial charge in [-0.3, -0.25) is 14.6 Å². The van der Waals surface area contributed by atoms with Crippen molar-refractivity contribution in [3.05, 3.63) is 64.8 Å². The number of carbonyl (C=O) groups excluding carboxylic acids is 2. The number of aryl methyl sites for hydroxylation is 1. The zero-order chi connectivity index (χ0) is 21.4. The number of fused-ring (bicyclic) bond motifs is 3. The standard InChI is InChI=1S/C25H23NO4/c1-5-8-18(27)21-14(2)26-24-16-9-6-7-10-17(16)25(28)23(24)22(21)15-11-12-19(29-3)20(13-15)30-4/h6-7,9-13H,5,8H2,1-4H3. The number of ketones is 2. The molecular formula is C25H23NO4. The Balaban J connectivity index is 2.07. The van der Waals surface area contributed by atoms with Crippen LogP contribution in [0, 0.1) is 6.92 Å². The van der Waals surface area contributed by atoms with Crippen LogP contribution in [0.3, 0.4) is 0 Å². The van der Waals surface area contributed by atoms with E-state index in [1.807, 2.05) is 44.2 Å². The second-order valence-electron chi connectivity index (χ2n) is 7.29. The van der Waals surface area contributed by atoms with E-state index in [0.717, 1.165) is 17.5 Å². The summed E-state index contributed by atoms with van der Waals surface area (Å²) in [5.74, 6) is 0.997. The Hall–Kier alpha value is -3.47. The van der Waals surface area contributed by atoms with Gasteiger partial charge in [-0.2, -0.15) is 0 Å². The Morgan fingerprint density at radius 1 is 0.967 bits per heavy atom. The lowest BCUT2D eigenvalue weighted by Gasteiger charge is -2.17. The van der Waals surface area contributed by atoms with Crippen LogP contribution in [0.4, 0.5) is 0 Å². The van der Waals surface area contributed by atoms with E-state index in [2.05, 4.69) is 0 Å². The largest absolute Gasteiger partial charge is 0.493 e. The van der Waals surface area contributed by atoms with Gasteiger partial charge in [0.25, 0.3) is 0 Å². The van der Waals surface area contributed by atoms with E-state index in [4.69, 9.17) is 14.5 Å². The number of carbonyl (C=O) groups is 2. The number of pyridine rings is 1. The van der Waals surface area contributed by atoms with Gasteiger partial charge >= 0.3 is 0 Å². The van der Waals surface area contributed by atoms with Gasteiger partial charge in [-0.25, -0.2) is 0 Å². The third-order valence-electron chi connectivity index (χ3n) is 5.46. The fourth-order valence-electron chi connectivity index (χ4n) is 4.12. The van der Waals surface area contributed by atoms with Crippen LogP contribution in [0.1, 0.15) is 51.7 Å². The molecule has 30 heavy (non-hydrogen) atoms. The maximum Gasteiger partial charge on any atom is 0.196 e. The number of hydrogen-bond donors (Lipinski definition) is 0. The third-order valence-corrected chi connectivity index (χ3v) is 5.46. The zero-order valence-corrected chi connectivity index (χ0v) is 17.5. The SMILES string of the molecule is CCCC(=O)c1c(C)nc2c(c1-c1ccc(OC)c(OC)c1)C(=O)c1ccccc1-2. The maximum atomic E-state index is 13.4. The molecule has 0 saturated carbocycles. The number of ether oxygens (including phenoxy) is 2. The van der Waals surface area contributed by atoms with Crippen LogP contribution in [-0.2, 0) is 0 Å². The molecule has 1 heterocycles. The number of rotatable bonds is 6. The molecule has 5 heteroatoms. The predicted molar refractivity (Wildman–Crippen MR) is 116 cm³/mol. The van der Waals surface area contributed by atoms with Crippen molar-refractivity contribution >= 4 is 11.6 Å². The molecule has 4 rings (SSSR count). The predicted octanol–water partition coefficient (Wildman–Crippen LogP) is 5.27. The summed E-state index contributed by atoms with van der Waals surface area (Å²) in [6, 6.07) is 12.9. The van der Waals surface area contributed by atoms with Gasteiger partial charge < -0.3 is 9.47 Å². The number of aromatic nitrogens is 1. The average Bonchev–Trinajstić information content (AvgIpc) is 3.04. The van der Waals surface area contributed by atoms with Gasteiger partial charge in [-0.05, 0) is 31.0 Å². The van der Waals surface area contributed by atoms with Gasteiger partial charge in [0.2, 0.25) is 0 Å². The molecule has 5 nitrogen and oxygen atoms in total. The molecule has 152 valence electrons. The lowest BCUT2D eigenvalue weighted by Crippen LogP contribution is -2.11. The summed E-state index contributed by atoms with van der Waals surface area (Å²) in [5.41, 5.74) is 5.01. The second kappa shape index (κ2) is 7.75. The topological polar surface area (TPSA) is 65.5 Å². The Bertz CT molecular complexity index is 1180. The lowest BCUT2D eigenvalue weighted by molar-refractivity contribution is 0.0981. The number of nitrogens with zero attached hydrogens (tertiary/aromatic N) is 1. The summed E-state index contributed by atoms with van der Waals surface area (Å²) in [5, 5.41) is 0. The third kappa shape index (κ3) is 2.98. The molecule has 1 aliphatic rings.